The Kier molecular flexibility index (Phi) is 8.67. The van der Waals surface area contributed by atoms with Gasteiger partial charge in [-0.15, -0.1) is 11.8 Å². The van der Waals surface area contributed by atoms with Crippen LogP contribution >= 0.6 is 23.4 Å². The summed E-state index contributed by atoms with van der Waals surface area (Å²) in [6.45, 7) is 2.09. The van der Waals surface area contributed by atoms with Gasteiger partial charge in [-0.25, -0.2) is 0 Å². The summed E-state index contributed by atoms with van der Waals surface area (Å²) in [6.07, 6.45) is 0. The minimum Gasteiger partial charge on any atom is -0.497 e. The number of benzene rings is 2. The first kappa shape index (κ1) is 22.1. The highest BCUT2D eigenvalue weighted by molar-refractivity contribution is 7.99. The summed E-state index contributed by atoms with van der Waals surface area (Å²) in [6, 6.07) is 14.5. The van der Waals surface area contributed by atoms with Crippen molar-refractivity contribution in [3.05, 3.63) is 64.7 Å². The van der Waals surface area contributed by atoms with Gasteiger partial charge in [-0.05, 0) is 42.3 Å². The molecule has 7 heteroatoms. The van der Waals surface area contributed by atoms with Crippen molar-refractivity contribution in [2.75, 3.05) is 19.9 Å². The van der Waals surface area contributed by atoms with Crippen LogP contribution < -0.4 is 10.1 Å². The molecule has 0 fully saturated rings. The van der Waals surface area contributed by atoms with Gasteiger partial charge in [-0.1, -0.05) is 35.9 Å². The number of nitrogens with zero attached hydrogens (tertiary/aromatic N) is 1. The first-order chi connectivity index (χ1) is 13.4. The largest absolute Gasteiger partial charge is 0.497 e. The topological polar surface area (TPSA) is 58.6 Å². The van der Waals surface area contributed by atoms with Crippen molar-refractivity contribution in [3.63, 3.8) is 0 Å². The average molecular weight is 421 g/mol. The van der Waals surface area contributed by atoms with Gasteiger partial charge in [0.15, 0.2) is 0 Å². The number of hydrogen-bond donors (Lipinski definition) is 1. The third-order valence-electron chi connectivity index (χ3n) is 4.33. The van der Waals surface area contributed by atoms with Gasteiger partial charge < -0.3 is 15.0 Å². The maximum atomic E-state index is 12.8. The maximum absolute atomic E-state index is 12.8. The first-order valence-corrected chi connectivity index (χ1v) is 10.4. The molecule has 150 valence electrons. The van der Waals surface area contributed by atoms with Crippen LogP contribution in [0.15, 0.2) is 48.5 Å². The molecule has 5 nitrogen and oxygen atoms in total. The van der Waals surface area contributed by atoms with Gasteiger partial charge in [0.25, 0.3) is 0 Å². The van der Waals surface area contributed by atoms with Gasteiger partial charge in [-0.3, -0.25) is 9.59 Å². The molecule has 0 unspecified atom stereocenters. The Hall–Kier alpha value is -2.18. The van der Waals surface area contributed by atoms with Crippen LogP contribution in [-0.2, 0) is 21.9 Å². The summed E-state index contributed by atoms with van der Waals surface area (Å²) in [5, 5.41) is 3.25. The van der Waals surface area contributed by atoms with Crippen molar-refractivity contribution in [2.45, 2.75) is 25.3 Å². The summed E-state index contributed by atoms with van der Waals surface area (Å²) in [7, 11) is 3.20. The second-order valence-corrected chi connectivity index (χ2v) is 7.70. The molecule has 28 heavy (non-hydrogen) atoms. The summed E-state index contributed by atoms with van der Waals surface area (Å²) >= 11 is 7.46. The maximum Gasteiger partial charge on any atom is 0.242 e. The van der Waals surface area contributed by atoms with E-state index < -0.39 is 6.04 Å². The van der Waals surface area contributed by atoms with Crippen LogP contribution in [0.25, 0.3) is 0 Å². The molecule has 2 amide bonds. The number of methoxy groups -OCH3 is 1. The monoisotopic (exact) mass is 420 g/mol. The van der Waals surface area contributed by atoms with E-state index in [4.69, 9.17) is 16.3 Å². The molecular weight excluding hydrogens is 396 g/mol. The molecule has 0 bridgehead atoms. The fourth-order valence-electron chi connectivity index (χ4n) is 2.64. The van der Waals surface area contributed by atoms with Crippen LogP contribution in [0, 0.1) is 0 Å². The van der Waals surface area contributed by atoms with Crippen LogP contribution in [0.4, 0.5) is 0 Å². The van der Waals surface area contributed by atoms with Crippen LogP contribution in [0.2, 0.25) is 5.02 Å². The van der Waals surface area contributed by atoms with Gasteiger partial charge in [0.1, 0.15) is 11.8 Å². The van der Waals surface area contributed by atoms with Crippen molar-refractivity contribution >= 4 is 35.2 Å². The number of amides is 2. The third-order valence-corrected chi connectivity index (χ3v) is 5.57. The van der Waals surface area contributed by atoms with Crippen LogP contribution in [0.3, 0.4) is 0 Å². The quantitative estimate of drug-likeness (QED) is 0.671. The van der Waals surface area contributed by atoms with Crippen molar-refractivity contribution in [1.29, 1.82) is 0 Å². The highest BCUT2D eigenvalue weighted by atomic mass is 35.5. The lowest BCUT2D eigenvalue weighted by atomic mass is 10.1. The van der Waals surface area contributed by atoms with Gasteiger partial charge >= 0.3 is 0 Å². The molecule has 0 spiro atoms. The van der Waals surface area contributed by atoms with E-state index in [1.807, 2.05) is 36.4 Å². The predicted octanol–water partition coefficient (Wildman–Crippen LogP) is 3.75. The molecule has 2 aromatic carbocycles. The number of thioether (sulfide) groups is 1. The lowest BCUT2D eigenvalue weighted by Crippen LogP contribution is -2.47. The zero-order valence-electron chi connectivity index (χ0n) is 16.3. The van der Waals surface area contributed by atoms with Gasteiger partial charge in [-0.2, -0.15) is 0 Å². The number of rotatable bonds is 9. The number of hydrogen-bond acceptors (Lipinski definition) is 4. The molecule has 2 aromatic rings. The highest BCUT2D eigenvalue weighted by Crippen LogP contribution is 2.19. The van der Waals surface area contributed by atoms with Gasteiger partial charge in [0.2, 0.25) is 11.8 Å². The minimum absolute atomic E-state index is 0.0791. The lowest BCUT2D eigenvalue weighted by molar-refractivity contribution is -0.138. The molecule has 0 saturated heterocycles. The Labute approximate surface area is 175 Å². The number of halogens is 1. The Balaban J connectivity index is 2.00. The molecule has 0 radical (unpaired) electrons. The van der Waals surface area contributed by atoms with Crippen molar-refractivity contribution in [2.24, 2.45) is 0 Å². The SMILES string of the molecule is CNC(=O)[C@H](C)N(Cc1ccc(Cl)cc1)C(=O)CSCc1ccc(OC)cc1. The van der Waals surface area contributed by atoms with Crippen LogP contribution in [0.1, 0.15) is 18.1 Å². The number of likely N-dealkylation sites (N-methyl/N-ethyl adjacent to an activating group) is 1. The summed E-state index contributed by atoms with van der Waals surface area (Å²) < 4.78 is 5.15. The number of carbonyl (C=O) groups is 2. The standard InChI is InChI=1S/C21H25ClN2O3S/c1-15(21(26)23-2)24(12-16-4-8-18(22)9-5-16)20(25)14-28-13-17-6-10-19(27-3)11-7-17/h4-11,15H,12-14H2,1-3H3,(H,23,26)/t15-/m0/s1. The Morgan fingerprint density at radius 1 is 1.11 bits per heavy atom. The van der Waals surface area contributed by atoms with E-state index >= 15 is 0 Å². The summed E-state index contributed by atoms with van der Waals surface area (Å²) in [4.78, 5) is 26.6. The van der Waals surface area contributed by atoms with E-state index in [1.165, 1.54) is 11.8 Å². The van der Waals surface area contributed by atoms with E-state index in [1.54, 1.807) is 38.1 Å². The molecule has 2 rings (SSSR count). The molecule has 0 saturated carbocycles. The van der Waals surface area contributed by atoms with E-state index in [2.05, 4.69) is 5.32 Å². The second-order valence-electron chi connectivity index (χ2n) is 6.28. The smallest absolute Gasteiger partial charge is 0.242 e. The third kappa shape index (κ3) is 6.46. The lowest BCUT2D eigenvalue weighted by Gasteiger charge is -2.28. The number of carbonyl (C=O) groups excluding carboxylic acids is 2. The Bertz CT molecular complexity index is 781. The number of ether oxygens (including phenoxy) is 1. The molecule has 0 heterocycles. The molecule has 1 N–H and O–H groups in total. The fraction of sp³-hybridized carbons (Fsp3) is 0.333. The molecular formula is C21H25ClN2O3S. The second kappa shape index (κ2) is 11.0. The van der Waals surface area contributed by atoms with Crippen LogP contribution in [-0.4, -0.2) is 42.7 Å². The van der Waals surface area contributed by atoms with E-state index in [0.29, 0.717) is 23.1 Å². The molecule has 0 aliphatic carbocycles. The molecule has 0 aromatic heterocycles. The highest BCUT2D eigenvalue weighted by Gasteiger charge is 2.25. The summed E-state index contributed by atoms with van der Waals surface area (Å²) in [5.74, 6) is 1.53. The fourth-order valence-corrected chi connectivity index (χ4v) is 3.64. The Morgan fingerprint density at radius 2 is 1.71 bits per heavy atom. The summed E-state index contributed by atoms with van der Waals surface area (Å²) in [5.41, 5.74) is 2.04. The van der Waals surface area contributed by atoms with Gasteiger partial charge in [0.05, 0.1) is 12.9 Å². The van der Waals surface area contributed by atoms with Crippen molar-refractivity contribution < 1.29 is 14.3 Å². The number of nitrogens with one attached hydrogen (secondary N) is 1. The molecule has 0 aliphatic rings. The van der Waals surface area contributed by atoms with E-state index in [9.17, 15) is 9.59 Å². The molecule has 1 atom stereocenters. The minimum atomic E-state index is -0.560. The first-order valence-electron chi connectivity index (χ1n) is 8.90. The van der Waals surface area contributed by atoms with Crippen molar-refractivity contribution in [3.8, 4) is 5.75 Å². The average Bonchev–Trinajstić information content (AvgIpc) is 2.72. The van der Waals surface area contributed by atoms with Crippen molar-refractivity contribution in [1.82, 2.24) is 10.2 Å². The predicted molar refractivity (Wildman–Crippen MR) is 115 cm³/mol. The normalized spacial score (nSPS) is 11.6. The van der Waals surface area contributed by atoms with E-state index in [0.717, 1.165) is 16.9 Å². The zero-order chi connectivity index (χ0) is 20.5. The molecule has 0 aliphatic heterocycles. The van der Waals surface area contributed by atoms with Gasteiger partial charge in [0, 0.05) is 24.4 Å². The zero-order valence-corrected chi connectivity index (χ0v) is 17.8. The van der Waals surface area contributed by atoms with Crippen LogP contribution in [0.5, 0.6) is 5.75 Å². The van der Waals surface area contributed by atoms with E-state index in [-0.39, 0.29) is 11.8 Å². The Morgan fingerprint density at radius 3 is 2.29 bits per heavy atom.